The van der Waals surface area contributed by atoms with Gasteiger partial charge in [0.05, 0.1) is 17.0 Å². The molecule has 0 unspecified atom stereocenters. The van der Waals surface area contributed by atoms with E-state index in [1.54, 1.807) is 25.1 Å². The molecule has 0 saturated heterocycles. The minimum atomic E-state index is -3.83. The van der Waals surface area contributed by atoms with Crippen LogP contribution in [-0.2, 0) is 10.0 Å². The number of methoxy groups -OCH3 is 1. The SMILES string of the molecule is COc1ccc(NC(=O)c2sc(S(N)(=O)=O)cc2C)cc1Cl. The number of amides is 1. The van der Waals surface area contributed by atoms with Crippen LogP contribution in [0.1, 0.15) is 15.2 Å². The lowest BCUT2D eigenvalue weighted by Gasteiger charge is -2.07. The zero-order chi connectivity index (χ0) is 16.5. The van der Waals surface area contributed by atoms with E-state index in [2.05, 4.69) is 5.32 Å². The topological polar surface area (TPSA) is 98.5 Å². The van der Waals surface area contributed by atoms with E-state index in [1.807, 2.05) is 0 Å². The lowest BCUT2D eigenvalue weighted by Crippen LogP contribution is -2.11. The summed E-state index contributed by atoms with van der Waals surface area (Å²) in [5.41, 5.74) is 1.01. The van der Waals surface area contributed by atoms with E-state index in [0.717, 1.165) is 11.3 Å². The molecule has 2 rings (SSSR count). The largest absolute Gasteiger partial charge is 0.495 e. The minimum Gasteiger partial charge on any atom is -0.495 e. The van der Waals surface area contributed by atoms with E-state index in [-0.39, 0.29) is 9.09 Å². The van der Waals surface area contributed by atoms with Gasteiger partial charge in [-0.2, -0.15) is 0 Å². The van der Waals surface area contributed by atoms with Gasteiger partial charge in [0.15, 0.2) is 0 Å². The standard InChI is InChI=1S/C13H13ClN2O4S2/c1-7-5-11(22(15,18)19)21-12(7)13(17)16-8-3-4-10(20-2)9(14)6-8/h3-6H,1-2H3,(H,16,17)(H2,15,18,19). The molecule has 1 aromatic heterocycles. The predicted molar refractivity (Wildman–Crippen MR) is 86.4 cm³/mol. The molecule has 0 aliphatic rings. The van der Waals surface area contributed by atoms with E-state index in [9.17, 15) is 13.2 Å². The highest BCUT2D eigenvalue weighted by molar-refractivity contribution is 7.91. The average molecular weight is 361 g/mol. The third-order valence-corrected chi connectivity index (χ3v) is 5.74. The summed E-state index contributed by atoms with van der Waals surface area (Å²) < 4.78 is 27.6. The first-order valence-electron chi connectivity index (χ1n) is 6.00. The van der Waals surface area contributed by atoms with Crippen molar-refractivity contribution >= 4 is 44.6 Å². The number of carbonyl (C=O) groups is 1. The summed E-state index contributed by atoms with van der Waals surface area (Å²) in [6, 6.07) is 6.17. The number of primary sulfonamides is 1. The molecule has 6 nitrogen and oxygen atoms in total. The normalized spacial score (nSPS) is 11.3. The lowest BCUT2D eigenvalue weighted by atomic mass is 10.2. The van der Waals surface area contributed by atoms with Gasteiger partial charge in [0.1, 0.15) is 9.96 Å². The van der Waals surface area contributed by atoms with E-state index >= 15 is 0 Å². The second kappa shape index (κ2) is 6.25. The Bertz CT molecular complexity index is 831. The number of benzene rings is 1. The van der Waals surface area contributed by atoms with Crippen LogP contribution in [0.15, 0.2) is 28.5 Å². The summed E-state index contributed by atoms with van der Waals surface area (Å²) >= 11 is 6.81. The van der Waals surface area contributed by atoms with Crippen LogP contribution in [0.3, 0.4) is 0 Å². The summed E-state index contributed by atoms with van der Waals surface area (Å²) in [4.78, 5) is 12.5. The number of hydrogen-bond acceptors (Lipinski definition) is 5. The van der Waals surface area contributed by atoms with Crippen LogP contribution in [0.2, 0.25) is 5.02 Å². The first-order chi connectivity index (χ1) is 10.2. The van der Waals surface area contributed by atoms with Gasteiger partial charge in [0.2, 0.25) is 10.0 Å². The van der Waals surface area contributed by atoms with E-state index in [4.69, 9.17) is 21.5 Å². The fourth-order valence-corrected chi connectivity index (χ4v) is 3.86. The minimum absolute atomic E-state index is 0.0529. The molecule has 0 radical (unpaired) electrons. The maximum atomic E-state index is 12.2. The van der Waals surface area contributed by atoms with Gasteiger partial charge in [-0.25, -0.2) is 13.6 Å². The number of anilines is 1. The molecule has 0 bridgehead atoms. The molecule has 0 aliphatic heterocycles. The Labute approximate surface area is 136 Å². The van der Waals surface area contributed by atoms with Crippen LogP contribution in [0, 0.1) is 6.92 Å². The van der Waals surface area contributed by atoms with Crippen LogP contribution in [0.4, 0.5) is 5.69 Å². The molecule has 118 valence electrons. The van der Waals surface area contributed by atoms with Crippen molar-refractivity contribution in [1.82, 2.24) is 0 Å². The highest BCUT2D eigenvalue weighted by Gasteiger charge is 2.19. The Hall–Kier alpha value is -1.61. The number of hydrogen-bond donors (Lipinski definition) is 2. The average Bonchev–Trinajstić information content (AvgIpc) is 2.81. The quantitative estimate of drug-likeness (QED) is 0.875. The zero-order valence-electron chi connectivity index (χ0n) is 11.7. The van der Waals surface area contributed by atoms with Crippen molar-refractivity contribution in [3.8, 4) is 5.75 Å². The molecular formula is C13H13ClN2O4S2. The number of nitrogens with two attached hydrogens (primary N) is 1. The fourth-order valence-electron chi connectivity index (χ4n) is 1.75. The molecule has 22 heavy (non-hydrogen) atoms. The number of aryl methyl sites for hydroxylation is 1. The van der Waals surface area contributed by atoms with Gasteiger partial charge in [-0.3, -0.25) is 4.79 Å². The van der Waals surface area contributed by atoms with Crippen LogP contribution in [0.5, 0.6) is 5.75 Å². The molecule has 0 saturated carbocycles. The summed E-state index contributed by atoms with van der Waals surface area (Å²) in [6.45, 7) is 1.64. The van der Waals surface area contributed by atoms with Gasteiger partial charge < -0.3 is 10.1 Å². The number of rotatable bonds is 4. The Kier molecular flexibility index (Phi) is 4.76. The first kappa shape index (κ1) is 16.8. The van der Waals surface area contributed by atoms with Crippen molar-refractivity contribution in [2.45, 2.75) is 11.1 Å². The summed E-state index contributed by atoms with van der Waals surface area (Å²) in [5, 5.41) is 8.07. The molecule has 3 N–H and O–H groups in total. The van der Waals surface area contributed by atoms with Crippen molar-refractivity contribution in [2.75, 3.05) is 12.4 Å². The molecule has 0 atom stereocenters. The number of thiophene rings is 1. The summed E-state index contributed by atoms with van der Waals surface area (Å²) in [6.07, 6.45) is 0. The van der Waals surface area contributed by atoms with Gasteiger partial charge in [-0.15, -0.1) is 11.3 Å². The molecule has 1 aromatic carbocycles. The molecule has 9 heteroatoms. The van der Waals surface area contributed by atoms with Gasteiger partial charge in [-0.1, -0.05) is 11.6 Å². The Morgan fingerprint density at radius 2 is 2.05 bits per heavy atom. The zero-order valence-corrected chi connectivity index (χ0v) is 14.1. The number of halogens is 1. The van der Waals surface area contributed by atoms with Crippen molar-refractivity contribution in [1.29, 1.82) is 0 Å². The van der Waals surface area contributed by atoms with Gasteiger partial charge in [0, 0.05) is 5.69 Å². The van der Waals surface area contributed by atoms with E-state index in [0.29, 0.717) is 22.0 Å². The van der Waals surface area contributed by atoms with Crippen LogP contribution < -0.4 is 15.2 Å². The van der Waals surface area contributed by atoms with Crippen molar-refractivity contribution in [3.05, 3.63) is 39.7 Å². The van der Waals surface area contributed by atoms with E-state index in [1.165, 1.54) is 13.2 Å². The first-order valence-corrected chi connectivity index (χ1v) is 8.74. The number of ether oxygens (including phenoxy) is 1. The smallest absolute Gasteiger partial charge is 0.266 e. The van der Waals surface area contributed by atoms with Crippen molar-refractivity contribution < 1.29 is 17.9 Å². The van der Waals surface area contributed by atoms with Crippen LogP contribution in [-0.4, -0.2) is 21.4 Å². The number of nitrogens with one attached hydrogen (secondary N) is 1. The fraction of sp³-hybridized carbons (Fsp3) is 0.154. The number of carbonyl (C=O) groups excluding carboxylic acids is 1. The van der Waals surface area contributed by atoms with Gasteiger partial charge in [0.25, 0.3) is 5.91 Å². The van der Waals surface area contributed by atoms with Crippen LogP contribution in [0.25, 0.3) is 0 Å². The molecule has 0 fully saturated rings. The van der Waals surface area contributed by atoms with Gasteiger partial charge in [-0.05, 0) is 36.8 Å². The predicted octanol–water partition coefficient (Wildman–Crippen LogP) is 2.62. The van der Waals surface area contributed by atoms with Gasteiger partial charge >= 0.3 is 0 Å². The molecule has 1 heterocycles. The molecular weight excluding hydrogens is 348 g/mol. The van der Waals surface area contributed by atoms with Crippen molar-refractivity contribution in [3.63, 3.8) is 0 Å². The third kappa shape index (κ3) is 3.58. The van der Waals surface area contributed by atoms with Crippen molar-refractivity contribution in [2.24, 2.45) is 5.14 Å². The monoisotopic (exact) mass is 360 g/mol. The lowest BCUT2D eigenvalue weighted by molar-refractivity contribution is 0.103. The molecule has 0 spiro atoms. The Balaban J connectivity index is 2.26. The Morgan fingerprint density at radius 3 is 2.55 bits per heavy atom. The Morgan fingerprint density at radius 1 is 1.36 bits per heavy atom. The van der Waals surface area contributed by atoms with Crippen LogP contribution >= 0.6 is 22.9 Å². The molecule has 2 aromatic rings. The number of sulfonamides is 1. The van der Waals surface area contributed by atoms with E-state index < -0.39 is 15.9 Å². The maximum Gasteiger partial charge on any atom is 0.266 e. The highest BCUT2D eigenvalue weighted by Crippen LogP contribution is 2.29. The highest BCUT2D eigenvalue weighted by atomic mass is 35.5. The molecule has 1 amide bonds. The second-order valence-corrected chi connectivity index (χ2v) is 7.67. The summed E-state index contributed by atoms with van der Waals surface area (Å²) in [7, 11) is -2.34. The maximum absolute atomic E-state index is 12.2. The second-order valence-electron chi connectivity index (χ2n) is 4.43. The molecule has 0 aliphatic carbocycles. The third-order valence-electron chi connectivity index (χ3n) is 2.79. The summed E-state index contributed by atoms with van der Waals surface area (Å²) in [5.74, 6) is 0.0575.